The number of hydrogen-bond acceptors (Lipinski definition) is 2. The topological polar surface area (TPSA) is 49.3 Å². The van der Waals surface area contributed by atoms with E-state index in [9.17, 15) is 9.90 Å². The number of aliphatic hydroxyl groups excluding tert-OH is 1. The van der Waals surface area contributed by atoms with Crippen LogP contribution in [0.4, 0.5) is 0 Å². The lowest BCUT2D eigenvalue weighted by Crippen LogP contribution is -2.25. The summed E-state index contributed by atoms with van der Waals surface area (Å²) in [6.07, 6.45) is 1.14. The van der Waals surface area contributed by atoms with Crippen molar-refractivity contribution < 1.29 is 9.90 Å². The van der Waals surface area contributed by atoms with Gasteiger partial charge in [0.05, 0.1) is 16.1 Å². The van der Waals surface area contributed by atoms with Crippen LogP contribution in [0.25, 0.3) is 0 Å². The van der Waals surface area contributed by atoms with E-state index in [1.165, 1.54) is 0 Å². The third kappa shape index (κ3) is 4.84. The van der Waals surface area contributed by atoms with E-state index in [1.807, 2.05) is 6.92 Å². The predicted octanol–water partition coefficient (Wildman–Crippen LogP) is 3.33. The van der Waals surface area contributed by atoms with Crippen molar-refractivity contribution in [3.8, 4) is 0 Å². The fraction of sp³-hybridized carbons (Fsp3) is 0.462. The maximum Gasteiger partial charge on any atom is 0.219 e. The quantitative estimate of drug-likeness (QED) is 0.844. The first kappa shape index (κ1) is 15.3. The molecule has 0 aromatic heterocycles. The number of hydrogen-bond donors (Lipinski definition) is 2. The second-order valence-electron chi connectivity index (χ2n) is 4.08. The molecule has 0 saturated carbocycles. The Morgan fingerprint density at radius 1 is 1.39 bits per heavy atom. The maximum absolute atomic E-state index is 11.2. The average Bonchev–Trinajstić information content (AvgIpc) is 2.33. The van der Waals surface area contributed by atoms with Crippen LogP contribution in [-0.4, -0.2) is 17.6 Å². The summed E-state index contributed by atoms with van der Waals surface area (Å²) < 4.78 is 0. The van der Waals surface area contributed by atoms with E-state index in [0.29, 0.717) is 35.0 Å². The normalized spacial score (nSPS) is 12.2. The summed E-state index contributed by atoms with van der Waals surface area (Å²) in [5.41, 5.74) is 0.703. The van der Waals surface area contributed by atoms with E-state index < -0.39 is 6.10 Å². The first-order valence-corrected chi connectivity index (χ1v) is 6.70. The van der Waals surface area contributed by atoms with Crippen LogP contribution >= 0.6 is 23.2 Å². The molecule has 1 unspecified atom stereocenters. The van der Waals surface area contributed by atoms with Gasteiger partial charge in [0, 0.05) is 13.0 Å². The molecular weight excluding hydrogens is 273 g/mol. The number of amides is 1. The highest BCUT2D eigenvalue weighted by Crippen LogP contribution is 2.26. The lowest BCUT2D eigenvalue weighted by Gasteiger charge is -2.12. The minimum absolute atomic E-state index is 0.0128. The van der Waals surface area contributed by atoms with Gasteiger partial charge in [0.1, 0.15) is 0 Å². The number of halogens is 2. The molecule has 1 atom stereocenters. The van der Waals surface area contributed by atoms with Gasteiger partial charge in [-0.2, -0.15) is 0 Å². The van der Waals surface area contributed by atoms with Gasteiger partial charge in [-0.25, -0.2) is 0 Å². The number of aliphatic hydroxyl groups is 1. The SMILES string of the molecule is CCCC(=O)NCCC(O)c1ccc(Cl)c(Cl)c1. The lowest BCUT2D eigenvalue weighted by molar-refractivity contribution is -0.121. The van der Waals surface area contributed by atoms with Crippen LogP contribution in [0, 0.1) is 0 Å². The third-order valence-corrected chi connectivity index (χ3v) is 3.28. The monoisotopic (exact) mass is 289 g/mol. The number of benzene rings is 1. The van der Waals surface area contributed by atoms with E-state index >= 15 is 0 Å². The summed E-state index contributed by atoms with van der Waals surface area (Å²) in [6, 6.07) is 5.02. The zero-order valence-electron chi connectivity index (χ0n) is 10.2. The Morgan fingerprint density at radius 3 is 2.72 bits per heavy atom. The van der Waals surface area contributed by atoms with Crippen LogP contribution in [0.1, 0.15) is 37.9 Å². The molecule has 3 nitrogen and oxygen atoms in total. The minimum Gasteiger partial charge on any atom is -0.388 e. The summed E-state index contributed by atoms with van der Waals surface area (Å²) in [4.78, 5) is 11.2. The predicted molar refractivity (Wildman–Crippen MR) is 74.0 cm³/mol. The van der Waals surface area contributed by atoms with Crippen molar-refractivity contribution in [3.05, 3.63) is 33.8 Å². The number of carbonyl (C=O) groups is 1. The number of carbonyl (C=O) groups excluding carboxylic acids is 1. The Bertz CT molecular complexity index is 410. The van der Waals surface area contributed by atoms with Crippen molar-refractivity contribution in [2.75, 3.05) is 6.54 Å². The van der Waals surface area contributed by atoms with E-state index in [-0.39, 0.29) is 5.91 Å². The molecule has 0 aliphatic rings. The molecule has 0 heterocycles. The maximum atomic E-state index is 11.2. The molecule has 0 fully saturated rings. The fourth-order valence-electron chi connectivity index (χ4n) is 1.55. The zero-order chi connectivity index (χ0) is 13.5. The molecule has 1 amide bonds. The van der Waals surface area contributed by atoms with Crippen LogP contribution < -0.4 is 5.32 Å². The van der Waals surface area contributed by atoms with Crippen LogP contribution in [0.2, 0.25) is 10.0 Å². The van der Waals surface area contributed by atoms with Gasteiger partial charge in [-0.15, -0.1) is 0 Å². The summed E-state index contributed by atoms with van der Waals surface area (Å²) in [5, 5.41) is 13.6. The highest BCUT2D eigenvalue weighted by Gasteiger charge is 2.10. The van der Waals surface area contributed by atoms with Gasteiger partial charge in [0.15, 0.2) is 0 Å². The molecule has 0 saturated heterocycles. The standard InChI is InChI=1S/C13H17Cl2NO2/c1-2-3-13(18)16-7-6-12(17)9-4-5-10(14)11(15)8-9/h4-5,8,12,17H,2-3,6-7H2,1H3,(H,16,18). The Balaban J connectivity index is 2.43. The van der Waals surface area contributed by atoms with Gasteiger partial charge in [-0.05, 0) is 30.5 Å². The van der Waals surface area contributed by atoms with E-state index in [0.717, 1.165) is 6.42 Å². The molecule has 0 aliphatic carbocycles. The molecule has 1 rings (SSSR count). The van der Waals surface area contributed by atoms with Gasteiger partial charge in [0.25, 0.3) is 0 Å². The van der Waals surface area contributed by atoms with Crippen molar-refractivity contribution >= 4 is 29.1 Å². The number of rotatable bonds is 6. The molecule has 0 bridgehead atoms. The van der Waals surface area contributed by atoms with Crippen LogP contribution in [0.5, 0.6) is 0 Å². The molecule has 1 aromatic rings. The lowest BCUT2D eigenvalue weighted by atomic mass is 10.1. The summed E-state index contributed by atoms with van der Waals surface area (Å²) >= 11 is 11.7. The van der Waals surface area contributed by atoms with E-state index in [2.05, 4.69) is 5.32 Å². The highest BCUT2D eigenvalue weighted by molar-refractivity contribution is 6.42. The Morgan fingerprint density at radius 2 is 2.11 bits per heavy atom. The summed E-state index contributed by atoms with van der Waals surface area (Å²) in [6.45, 7) is 2.39. The van der Waals surface area contributed by atoms with Gasteiger partial charge >= 0.3 is 0 Å². The molecule has 0 aliphatic heterocycles. The minimum atomic E-state index is -0.651. The fourth-order valence-corrected chi connectivity index (χ4v) is 1.86. The zero-order valence-corrected chi connectivity index (χ0v) is 11.8. The third-order valence-electron chi connectivity index (χ3n) is 2.55. The van der Waals surface area contributed by atoms with Crippen molar-refractivity contribution in [3.63, 3.8) is 0 Å². The van der Waals surface area contributed by atoms with Crippen molar-refractivity contribution in [1.82, 2.24) is 5.32 Å². The highest BCUT2D eigenvalue weighted by atomic mass is 35.5. The smallest absolute Gasteiger partial charge is 0.219 e. The molecule has 1 aromatic carbocycles. The molecule has 0 spiro atoms. The Labute approximate surface area is 117 Å². The van der Waals surface area contributed by atoms with Crippen LogP contribution in [0.3, 0.4) is 0 Å². The van der Waals surface area contributed by atoms with Crippen molar-refractivity contribution in [1.29, 1.82) is 0 Å². The van der Waals surface area contributed by atoms with Gasteiger partial charge in [-0.3, -0.25) is 4.79 Å². The summed E-state index contributed by atoms with van der Waals surface area (Å²) in [5.74, 6) is 0.0128. The summed E-state index contributed by atoms with van der Waals surface area (Å²) in [7, 11) is 0. The average molecular weight is 290 g/mol. The first-order valence-electron chi connectivity index (χ1n) is 5.94. The van der Waals surface area contributed by atoms with E-state index in [1.54, 1.807) is 18.2 Å². The largest absolute Gasteiger partial charge is 0.388 e. The van der Waals surface area contributed by atoms with Crippen molar-refractivity contribution in [2.24, 2.45) is 0 Å². The number of nitrogens with one attached hydrogen (secondary N) is 1. The molecule has 0 radical (unpaired) electrons. The van der Waals surface area contributed by atoms with Crippen molar-refractivity contribution in [2.45, 2.75) is 32.3 Å². The second kappa shape index (κ2) is 7.62. The van der Waals surface area contributed by atoms with Crippen LogP contribution in [0.15, 0.2) is 18.2 Å². The molecule has 5 heteroatoms. The van der Waals surface area contributed by atoms with Gasteiger partial charge in [0.2, 0.25) is 5.91 Å². The Hall–Kier alpha value is -0.770. The van der Waals surface area contributed by atoms with Crippen LogP contribution in [-0.2, 0) is 4.79 Å². The molecular formula is C13H17Cl2NO2. The van der Waals surface area contributed by atoms with E-state index in [4.69, 9.17) is 23.2 Å². The van der Waals surface area contributed by atoms with Gasteiger partial charge < -0.3 is 10.4 Å². The molecule has 18 heavy (non-hydrogen) atoms. The Kier molecular flexibility index (Phi) is 6.47. The molecule has 100 valence electrons. The second-order valence-corrected chi connectivity index (χ2v) is 4.89. The van der Waals surface area contributed by atoms with Gasteiger partial charge in [-0.1, -0.05) is 36.2 Å². The first-order chi connectivity index (χ1) is 8.54. The molecule has 2 N–H and O–H groups in total.